The summed E-state index contributed by atoms with van der Waals surface area (Å²) >= 11 is 0. The van der Waals surface area contributed by atoms with Gasteiger partial charge in [-0.25, -0.2) is 4.98 Å². The van der Waals surface area contributed by atoms with Crippen LogP contribution in [-0.4, -0.2) is 21.1 Å². The predicted octanol–water partition coefficient (Wildman–Crippen LogP) is 3.58. The molecule has 140 valence electrons. The predicted molar refractivity (Wildman–Crippen MR) is 92.7 cm³/mol. The van der Waals surface area contributed by atoms with Crippen LogP contribution < -0.4 is 5.32 Å². The van der Waals surface area contributed by atoms with Gasteiger partial charge in [0, 0.05) is 0 Å². The molecule has 1 heterocycles. The number of carbonyl (C=O) groups excluding carboxylic acids is 1. The van der Waals surface area contributed by atoms with Gasteiger partial charge in [0.25, 0.3) is 0 Å². The summed E-state index contributed by atoms with van der Waals surface area (Å²) in [7, 11) is 0. The lowest BCUT2D eigenvalue weighted by Crippen LogP contribution is -2.31. The molecular weight excluding hydrogens is 357 g/mol. The Bertz CT molecular complexity index is 905. The molecule has 0 radical (unpaired) electrons. The average molecular weight is 374 g/mol. The lowest BCUT2D eigenvalue weighted by atomic mass is 10.0. The van der Waals surface area contributed by atoms with E-state index in [-0.39, 0.29) is 12.3 Å². The molecule has 2 N–H and O–H groups in total. The van der Waals surface area contributed by atoms with E-state index in [1.165, 1.54) is 12.1 Å². The van der Waals surface area contributed by atoms with Crippen LogP contribution in [0, 0.1) is 6.92 Å². The number of rotatable bonds is 5. The molecule has 1 amide bonds. The van der Waals surface area contributed by atoms with E-state index in [4.69, 9.17) is 0 Å². The number of hydrogen-bond acceptors (Lipinski definition) is 3. The van der Waals surface area contributed by atoms with E-state index < -0.39 is 17.8 Å². The van der Waals surface area contributed by atoms with Crippen molar-refractivity contribution in [3.05, 3.63) is 82.9 Å². The zero-order valence-electron chi connectivity index (χ0n) is 14.4. The van der Waals surface area contributed by atoms with E-state index >= 15 is 0 Å². The number of carbonyl (C=O) groups is 1. The Morgan fingerprint density at radius 2 is 1.78 bits per heavy atom. The minimum Gasteiger partial charge on any atom is -0.342 e. The zero-order valence-corrected chi connectivity index (χ0v) is 14.4. The summed E-state index contributed by atoms with van der Waals surface area (Å²) in [5.41, 5.74) is 0.542. The number of alkyl halides is 3. The van der Waals surface area contributed by atoms with Gasteiger partial charge in [-0.15, -0.1) is 0 Å². The van der Waals surface area contributed by atoms with Crippen LogP contribution in [0.5, 0.6) is 0 Å². The highest BCUT2D eigenvalue weighted by atomic mass is 19.4. The maximum absolute atomic E-state index is 12.6. The summed E-state index contributed by atoms with van der Waals surface area (Å²) in [5, 5.41) is 9.71. The molecule has 2 aromatic carbocycles. The number of nitrogens with zero attached hydrogens (tertiary/aromatic N) is 2. The van der Waals surface area contributed by atoms with Gasteiger partial charge in [0.05, 0.1) is 12.0 Å². The molecule has 0 aliphatic heterocycles. The Morgan fingerprint density at radius 3 is 2.33 bits per heavy atom. The highest BCUT2D eigenvalue weighted by Crippen LogP contribution is 2.29. The number of aromatic nitrogens is 3. The number of H-pyrrole nitrogens is 1. The first-order chi connectivity index (χ1) is 12.8. The van der Waals surface area contributed by atoms with Crippen molar-refractivity contribution in [2.75, 3.05) is 0 Å². The number of halogens is 3. The van der Waals surface area contributed by atoms with Crippen molar-refractivity contribution in [3.63, 3.8) is 0 Å². The van der Waals surface area contributed by atoms with E-state index in [1.807, 2.05) is 30.3 Å². The molecule has 0 saturated carbocycles. The van der Waals surface area contributed by atoms with Crippen LogP contribution in [0.15, 0.2) is 54.6 Å². The maximum atomic E-state index is 12.6. The molecule has 0 spiro atoms. The van der Waals surface area contributed by atoms with Gasteiger partial charge < -0.3 is 5.32 Å². The third-order valence-corrected chi connectivity index (χ3v) is 3.96. The monoisotopic (exact) mass is 374 g/mol. The fraction of sp³-hybridized carbons (Fsp3) is 0.211. The molecule has 0 saturated heterocycles. The lowest BCUT2D eigenvalue weighted by molar-refractivity contribution is -0.137. The molecule has 3 aromatic rings. The van der Waals surface area contributed by atoms with Crippen LogP contribution in [0.3, 0.4) is 0 Å². The quantitative estimate of drug-likeness (QED) is 0.717. The minimum atomic E-state index is -4.40. The van der Waals surface area contributed by atoms with Crippen molar-refractivity contribution in [1.29, 1.82) is 0 Å². The first-order valence-electron chi connectivity index (χ1n) is 8.22. The largest absolute Gasteiger partial charge is 0.416 e. The normalized spacial score (nSPS) is 12.6. The van der Waals surface area contributed by atoms with Crippen LogP contribution in [0.4, 0.5) is 13.2 Å². The van der Waals surface area contributed by atoms with Crippen LogP contribution >= 0.6 is 0 Å². The molecule has 0 aliphatic carbocycles. The summed E-state index contributed by atoms with van der Waals surface area (Å²) in [4.78, 5) is 16.7. The summed E-state index contributed by atoms with van der Waals surface area (Å²) in [5.74, 6) is 0.688. The fourth-order valence-corrected chi connectivity index (χ4v) is 2.64. The van der Waals surface area contributed by atoms with Gasteiger partial charge in [0.2, 0.25) is 5.91 Å². The molecule has 0 fully saturated rings. The van der Waals surface area contributed by atoms with Crippen molar-refractivity contribution >= 4 is 5.91 Å². The van der Waals surface area contributed by atoms with Gasteiger partial charge in [-0.1, -0.05) is 42.5 Å². The second-order valence-corrected chi connectivity index (χ2v) is 6.06. The van der Waals surface area contributed by atoms with Crippen LogP contribution in [0.1, 0.15) is 34.4 Å². The molecule has 0 aliphatic rings. The molecule has 8 heteroatoms. The van der Waals surface area contributed by atoms with Crippen molar-refractivity contribution in [2.24, 2.45) is 0 Å². The minimum absolute atomic E-state index is 0.0507. The summed E-state index contributed by atoms with van der Waals surface area (Å²) in [6.45, 7) is 1.75. The highest BCUT2D eigenvalue weighted by Gasteiger charge is 2.30. The number of aromatic amines is 1. The Labute approximate surface area is 153 Å². The third kappa shape index (κ3) is 4.72. The number of aryl methyl sites for hydroxylation is 1. The Hall–Kier alpha value is -3.16. The van der Waals surface area contributed by atoms with Gasteiger partial charge in [0.15, 0.2) is 5.82 Å². The molecule has 0 bridgehead atoms. The number of benzene rings is 2. The van der Waals surface area contributed by atoms with E-state index in [9.17, 15) is 18.0 Å². The van der Waals surface area contributed by atoms with E-state index in [1.54, 1.807) is 6.92 Å². The standard InChI is InChI=1S/C19H17F3N4O/c1-12-23-18(26-25-12)17(14-5-3-2-4-6-14)24-16(27)11-13-7-9-15(10-8-13)19(20,21)22/h2-10,17H,11H2,1H3,(H,24,27)(H,23,25,26)/t17-/m0/s1. The number of nitrogens with one attached hydrogen (secondary N) is 2. The molecule has 1 atom stereocenters. The highest BCUT2D eigenvalue weighted by molar-refractivity contribution is 5.79. The maximum Gasteiger partial charge on any atom is 0.416 e. The summed E-state index contributed by atoms with van der Waals surface area (Å²) in [6.07, 6.45) is -4.45. The third-order valence-electron chi connectivity index (χ3n) is 3.96. The number of amides is 1. The van der Waals surface area contributed by atoms with Crippen LogP contribution in [0.2, 0.25) is 0 Å². The van der Waals surface area contributed by atoms with Gasteiger partial charge in [0.1, 0.15) is 11.9 Å². The SMILES string of the molecule is Cc1nc([C@@H](NC(=O)Cc2ccc(C(F)(F)F)cc2)c2ccccc2)n[nH]1. The van der Waals surface area contributed by atoms with Crippen molar-refractivity contribution in [2.45, 2.75) is 25.6 Å². The Kier molecular flexibility index (Phi) is 5.25. The van der Waals surface area contributed by atoms with E-state index in [0.29, 0.717) is 17.2 Å². The first kappa shape index (κ1) is 18.6. The molecule has 5 nitrogen and oxygen atoms in total. The molecule has 0 unspecified atom stereocenters. The van der Waals surface area contributed by atoms with Crippen molar-refractivity contribution in [1.82, 2.24) is 20.5 Å². The van der Waals surface area contributed by atoms with Crippen molar-refractivity contribution in [3.8, 4) is 0 Å². The van der Waals surface area contributed by atoms with Gasteiger partial charge in [-0.05, 0) is 30.2 Å². The zero-order chi connectivity index (χ0) is 19.4. The smallest absolute Gasteiger partial charge is 0.342 e. The topological polar surface area (TPSA) is 70.7 Å². The Morgan fingerprint density at radius 1 is 1.11 bits per heavy atom. The second kappa shape index (κ2) is 7.61. The van der Waals surface area contributed by atoms with Gasteiger partial charge in [-0.3, -0.25) is 9.89 Å². The first-order valence-corrected chi connectivity index (χ1v) is 8.22. The van der Waals surface area contributed by atoms with Crippen LogP contribution in [0.25, 0.3) is 0 Å². The molecule has 3 rings (SSSR count). The molecule has 1 aromatic heterocycles. The van der Waals surface area contributed by atoms with E-state index in [2.05, 4.69) is 20.5 Å². The average Bonchev–Trinajstić information content (AvgIpc) is 3.06. The molecular formula is C19H17F3N4O. The Balaban J connectivity index is 1.75. The fourth-order valence-electron chi connectivity index (χ4n) is 2.64. The van der Waals surface area contributed by atoms with E-state index in [0.717, 1.165) is 17.7 Å². The second-order valence-electron chi connectivity index (χ2n) is 6.06. The summed E-state index contributed by atoms with van der Waals surface area (Å²) < 4.78 is 37.9. The van der Waals surface area contributed by atoms with Crippen LogP contribution in [-0.2, 0) is 17.4 Å². The molecule has 27 heavy (non-hydrogen) atoms. The van der Waals surface area contributed by atoms with Crippen molar-refractivity contribution < 1.29 is 18.0 Å². The lowest BCUT2D eigenvalue weighted by Gasteiger charge is -2.16. The summed E-state index contributed by atoms with van der Waals surface area (Å²) in [6, 6.07) is 13.2. The van der Waals surface area contributed by atoms with Gasteiger partial charge >= 0.3 is 6.18 Å². The number of hydrogen-bond donors (Lipinski definition) is 2. The van der Waals surface area contributed by atoms with Gasteiger partial charge in [-0.2, -0.15) is 18.3 Å².